The first kappa shape index (κ1) is 12.7. The Morgan fingerprint density at radius 2 is 1.89 bits per heavy atom. The summed E-state index contributed by atoms with van der Waals surface area (Å²) in [6.07, 6.45) is 6.25. The molecule has 0 N–H and O–H groups in total. The van der Waals surface area contributed by atoms with E-state index < -0.39 is 0 Å². The highest BCUT2D eigenvalue weighted by atomic mass is 16.5. The molecule has 3 saturated carbocycles. The minimum Gasteiger partial charge on any atom is -0.377 e. The van der Waals surface area contributed by atoms with Gasteiger partial charge in [-0.3, -0.25) is 4.79 Å². The van der Waals surface area contributed by atoms with Gasteiger partial charge >= 0.3 is 0 Å². The second-order valence-corrected chi connectivity index (χ2v) is 8.09. The predicted octanol–water partition coefficient (Wildman–Crippen LogP) is 3.59. The molecular formula is C16H26O2. The lowest BCUT2D eigenvalue weighted by Crippen LogP contribution is -2.58. The van der Waals surface area contributed by atoms with Crippen LogP contribution in [0.2, 0.25) is 0 Å². The van der Waals surface area contributed by atoms with Gasteiger partial charge < -0.3 is 4.74 Å². The van der Waals surface area contributed by atoms with E-state index >= 15 is 0 Å². The number of rotatable bonds is 1. The number of Topliss-reactive ketones (excluding diaryl/α,β-unsaturated/α-hetero) is 1. The number of hydrogen-bond acceptors (Lipinski definition) is 2. The van der Waals surface area contributed by atoms with Crippen LogP contribution in [-0.4, -0.2) is 18.5 Å². The van der Waals surface area contributed by atoms with Crippen LogP contribution in [0.25, 0.3) is 0 Å². The van der Waals surface area contributed by atoms with Crippen LogP contribution in [0.15, 0.2) is 0 Å². The fourth-order valence-electron chi connectivity index (χ4n) is 5.35. The van der Waals surface area contributed by atoms with Crippen molar-refractivity contribution in [2.45, 2.75) is 64.9 Å². The molecule has 2 nitrogen and oxygen atoms in total. The Hall–Kier alpha value is -0.370. The molecule has 0 aromatic rings. The lowest BCUT2D eigenvalue weighted by Gasteiger charge is -2.58. The number of ketones is 1. The zero-order valence-electron chi connectivity index (χ0n) is 12.2. The molecule has 18 heavy (non-hydrogen) atoms. The van der Waals surface area contributed by atoms with Crippen LogP contribution in [-0.2, 0) is 9.53 Å². The van der Waals surface area contributed by atoms with Crippen molar-refractivity contribution in [2.75, 3.05) is 7.11 Å². The van der Waals surface area contributed by atoms with Crippen molar-refractivity contribution in [3.63, 3.8) is 0 Å². The van der Waals surface area contributed by atoms with E-state index in [2.05, 4.69) is 20.8 Å². The summed E-state index contributed by atoms with van der Waals surface area (Å²) in [6, 6.07) is 0. The molecule has 2 bridgehead atoms. The number of hydrogen-bond donors (Lipinski definition) is 0. The van der Waals surface area contributed by atoms with Crippen molar-refractivity contribution >= 4 is 5.78 Å². The average molecular weight is 250 g/mol. The number of carbonyl (C=O) groups is 1. The molecule has 0 spiro atoms. The smallest absolute Gasteiger partial charge is 0.136 e. The monoisotopic (exact) mass is 250 g/mol. The summed E-state index contributed by atoms with van der Waals surface area (Å²) in [5.74, 6) is 1.80. The summed E-state index contributed by atoms with van der Waals surface area (Å²) in [5, 5.41) is 0. The van der Waals surface area contributed by atoms with Crippen LogP contribution >= 0.6 is 0 Å². The van der Waals surface area contributed by atoms with Gasteiger partial charge in [-0.15, -0.1) is 0 Å². The second-order valence-electron chi connectivity index (χ2n) is 8.09. The predicted molar refractivity (Wildman–Crippen MR) is 71.3 cm³/mol. The first-order chi connectivity index (χ1) is 8.30. The summed E-state index contributed by atoms with van der Waals surface area (Å²) in [4.78, 5) is 12.2. The Balaban J connectivity index is 1.99. The Morgan fingerprint density at radius 1 is 1.17 bits per heavy atom. The van der Waals surface area contributed by atoms with Gasteiger partial charge in [0, 0.05) is 20.0 Å². The maximum atomic E-state index is 12.2. The topological polar surface area (TPSA) is 26.3 Å². The van der Waals surface area contributed by atoms with Gasteiger partial charge in [0.1, 0.15) is 5.78 Å². The van der Waals surface area contributed by atoms with Crippen LogP contribution < -0.4 is 0 Å². The zero-order valence-corrected chi connectivity index (χ0v) is 12.2. The molecule has 3 fully saturated rings. The molecule has 0 radical (unpaired) electrons. The third-order valence-electron chi connectivity index (χ3n) is 6.22. The van der Waals surface area contributed by atoms with Gasteiger partial charge in [-0.05, 0) is 48.3 Å². The lowest BCUT2D eigenvalue weighted by atomic mass is 9.49. The molecule has 4 atom stereocenters. The maximum Gasteiger partial charge on any atom is 0.136 e. The molecule has 0 aromatic heterocycles. The Kier molecular flexibility index (Phi) is 2.53. The summed E-state index contributed by atoms with van der Waals surface area (Å²) in [7, 11) is 1.83. The van der Waals surface area contributed by atoms with Crippen LogP contribution in [0.3, 0.4) is 0 Å². The minimum absolute atomic E-state index is 0.138. The van der Waals surface area contributed by atoms with Crippen molar-refractivity contribution in [3.8, 4) is 0 Å². The van der Waals surface area contributed by atoms with Crippen LogP contribution in [0.1, 0.15) is 59.3 Å². The lowest BCUT2D eigenvalue weighted by molar-refractivity contribution is -0.181. The molecule has 0 heterocycles. The van der Waals surface area contributed by atoms with E-state index in [1.54, 1.807) is 0 Å². The Bertz CT molecular complexity index is 387. The molecular weight excluding hydrogens is 224 g/mol. The molecule has 102 valence electrons. The van der Waals surface area contributed by atoms with Gasteiger partial charge in [0.2, 0.25) is 0 Å². The van der Waals surface area contributed by atoms with Crippen molar-refractivity contribution in [2.24, 2.45) is 22.7 Å². The molecule has 0 amide bonds. The van der Waals surface area contributed by atoms with Gasteiger partial charge in [0.05, 0.1) is 5.60 Å². The quantitative estimate of drug-likeness (QED) is 0.711. The van der Waals surface area contributed by atoms with Crippen molar-refractivity contribution in [1.82, 2.24) is 0 Å². The fourth-order valence-corrected chi connectivity index (χ4v) is 5.35. The van der Waals surface area contributed by atoms with E-state index in [-0.39, 0.29) is 11.0 Å². The summed E-state index contributed by atoms with van der Waals surface area (Å²) in [6.45, 7) is 7.07. The minimum atomic E-state index is -0.138. The first-order valence-corrected chi connectivity index (χ1v) is 7.37. The third-order valence-corrected chi connectivity index (χ3v) is 6.22. The number of methoxy groups -OCH3 is 1. The highest BCUT2D eigenvalue weighted by Gasteiger charge is 2.62. The van der Waals surface area contributed by atoms with Crippen LogP contribution in [0.5, 0.6) is 0 Å². The SMILES string of the molecule is COC12CC(=O)CC(C)(CCC3C1CC3(C)C)C2. The average Bonchev–Trinajstić information content (AvgIpc) is 2.31. The highest BCUT2D eigenvalue weighted by molar-refractivity contribution is 5.81. The molecule has 2 heteroatoms. The van der Waals surface area contributed by atoms with Gasteiger partial charge in [-0.2, -0.15) is 0 Å². The Labute approximate surface area is 110 Å². The van der Waals surface area contributed by atoms with Gasteiger partial charge in [-0.1, -0.05) is 20.8 Å². The highest BCUT2D eigenvalue weighted by Crippen LogP contribution is 2.65. The van der Waals surface area contributed by atoms with E-state index in [4.69, 9.17) is 4.74 Å². The fraction of sp³-hybridized carbons (Fsp3) is 0.938. The van der Waals surface area contributed by atoms with Crippen molar-refractivity contribution in [3.05, 3.63) is 0 Å². The van der Waals surface area contributed by atoms with E-state index in [1.807, 2.05) is 7.11 Å². The second kappa shape index (κ2) is 3.59. The van der Waals surface area contributed by atoms with E-state index in [0.29, 0.717) is 23.5 Å². The van der Waals surface area contributed by atoms with Gasteiger partial charge in [-0.25, -0.2) is 0 Å². The standard InChI is InChI=1S/C16H26O2/c1-14(2)9-13-12(14)5-6-15(3)7-11(17)8-16(13,10-15)18-4/h12-13H,5-10H2,1-4H3. The van der Waals surface area contributed by atoms with Crippen LogP contribution in [0, 0.1) is 22.7 Å². The van der Waals surface area contributed by atoms with Crippen LogP contribution in [0.4, 0.5) is 0 Å². The summed E-state index contributed by atoms with van der Waals surface area (Å²) >= 11 is 0. The maximum absolute atomic E-state index is 12.2. The van der Waals surface area contributed by atoms with Crippen molar-refractivity contribution < 1.29 is 9.53 Å². The summed E-state index contributed by atoms with van der Waals surface area (Å²) < 4.78 is 5.97. The molecule has 3 aliphatic carbocycles. The number of ether oxygens (including phenoxy) is 1. The van der Waals surface area contributed by atoms with Gasteiger partial charge in [0.25, 0.3) is 0 Å². The summed E-state index contributed by atoms with van der Waals surface area (Å²) in [5.41, 5.74) is 0.507. The van der Waals surface area contributed by atoms with E-state index in [1.165, 1.54) is 19.3 Å². The normalized spacial score (nSPS) is 50.1. The number of fused-ring (bicyclic) bond motifs is 4. The van der Waals surface area contributed by atoms with E-state index in [9.17, 15) is 4.79 Å². The van der Waals surface area contributed by atoms with Gasteiger partial charge in [0.15, 0.2) is 0 Å². The number of carbonyl (C=O) groups excluding carboxylic acids is 1. The zero-order chi connectivity index (χ0) is 13.2. The first-order valence-electron chi connectivity index (χ1n) is 7.37. The molecule has 4 unspecified atom stereocenters. The Morgan fingerprint density at radius 3 is 2.50 bits per heavy atom. The molecule has 0 aliphatic heterocycles. The van der Waals surface area contributed by atoms with Crippen molar-refractivity contribution in [1.29, 1.82) is 0 Å². The molecule has 0 saturated heterocycles. The molecule has 0 aromatic carbocycles. The molecule has 3 aliphatic rings. The largest absolute Gasteiger partial charge is 0.377 e. The van der Waals surface area contributed by atoms with E-state index in [0.717, 1.165) is 18.8 Å². The third kappa shape index (κ3) is 1.61. The molecule has 3 rings (SSSR count).